The second kappa shape index (κ2) is 6.60. The van der Waals surface area contributed by atoms with E-state index in [9.17, 15) is 9.59 Å². The van der Waals surface area contributed by atoms with Crippen LogP contribution < -0.4 is 10.1 Å². The van der Waals surface area contributed by atoms with E-state index in [2.05, 4.69) is 12.2 Å². The Morgan fingerprint density at radius 1 is 1.22 bits per heavy atom. The predicted octanol–water partition coefficient (Wildman–Crippen LogP) is 2.53. The molecule has 3 rings (SSSR count). The van der Waals surface area contributed by atoms with E-state index in [1.807, 2.05) is 23.1 Å². The molecule has 0 radical (unpaired) electrons. The van der Waals surface area contributed by atoms with Crippen molar-refractivity contribution in [1.82, 2.24) is 4.90 Å². The lowest BCUT2D eigenvalue weighted by molar-refractivity contribution is -0.135. The minimum atomic E-state index is -0.187. The molecule has 1 saturated heterocycles. The fourth-order valence-corrected chi connectivity index (χ4v) is 3.16. The van der Waals surface area contributed by atoms with Gasteiger partial charge in [0.15, 0.2) is 0 Å². The normalized spacial score (nSPS) is 24.2. The molecule has 1 aromatic rings. The van der Waals surface area contributed by atoms with Crippen LogP contribution in [0.1, 0.15) is 26.2 Å². The van der Waals surface area contributed by atoms with E-state index >= 15 is 0 Å². The Balaban J connectivity index is 1.53. The first-order valence-electron chi connectivity index (χ1n) is 8.32. The number of carbonyl (C=O) groups excluding carboxylic acids is 2. The van der Waals surface area contributed by atoms with E-state index in [0.717, 1.165) is 25.9 Å². The monoisotopic (exact) mass is 316 g/mol. The van der Waals surface area contributed by atoms with Crippen molar-refractivity contribution in [2.24, 2.45) is 17.8 Å². The van der Waals surface area contributed by atoms with Crippen molar-refractivity contribution in [3.63, 3.8) is 0 Å². The Morgan fingerprint density at radius 2 is 1.96 bits per heavy atom. The number of benzene rings is 1. The number of hydrogen-bond donors (Lipinski definition) is 1. The van der Waals surface area contributed by atoms with Crippen LogP contribution in [-0.2, 0) is 9.59 Å². The number of likely N-dealkylation sites (tertiary alicyclic amines) is 1. The van der Waals surface area contributed by atoms with Gasteiger partial charge in [-0.1, -0.05) is 13.0 Å². The topological polar surface area (TPSA) is 58.6 Å². The average molecular weight is 316 g/mol. The summed E-state index contributed by atoms with van der Waals surface area (Å²) < 4.78 is 5.15. The zero-order valence-electron chi connectivity index (χ0n) is 13.7. The quantitative estimate of drug-likeness (QED) is 0.928. The van der Waals surface area contributed by atoms with Gasteiger partial charge in [-0.05, 0) is 37.3 Å². The zero-order valence-corrected chi connectivity index (χ0v) is 13.7. The van der Waals surface area contributed by atoms with Gasteiger partial charge in [-0.3, -0.25) is 9.59 Å². The zero-order chi connectivity index (χ0) is 16.4. The molecule has 0 aromatic heterocycles. The molecule has 2 amide bonds. The number of nitrogens with zero attached hydrogens (tertiary/aromatic N) is 1. The van der Waals surface area contributed by atoms with Crippen molar-refractivity contribution in [1.29, 1.82) is 0 Å². The van der Waals surface area contributed by atoms with E-state index < -0.39 is 0 Å². The molecule has 2 aliphatic rings. The van der Waals surface area contributed by atoms with Crippen LogP contribution in [0.2, 0.25) is 0 Å². The summed E-state index contributed by atoms with van der Waals surface area (Å²) in [6, 6.07) is 7.27. The third-order valence-corrected chi connectivity index (χ3v) is 4.88. The van der Waals surface area contributed by atoms with Gasteiger partial charge in [0.05, 0.1) is 18.9 Å². The molecule has 5 heteroatoms. The van der Waals surface area contributed by atoms with Crippen LogP contribution in [-0.4, -0.2) is 36.9 Å². The summed E-state index contributed by atoms with van der Waals surface area (Å²) in [6.07, 6.45) is 2.80. The Kier molecular flexibility index (Phi) is 4.55. The first-order valence-corrected chi connectivity index (χ1v) is 8.32. The third kappa shape index (κ3) is 3.66. The van der Waals surface area contributed by atoms with Crippen LogP contribution in [0.4, 0.5) is 5.69 Å². The standard InChI is InChI=1S/C18H24N2O3/c1-12-6-8-20(9-7-12)18(22)16-11-15(16)17(21)19-13-4-3-5-14(10-13)23-2/h3-5,10,12,15-16H,6-9,11H2,1-2H3,(H,19,21). The third-order valence-electron chi connectivity index (χ3n) is 4.88. The summed E-state index contributed by atoms with van der Waals surface area (Å²) in [5.74, 6) is 1.17. The van der Waals surface area contributed by atoms with Gasteiger partial charge in [0.2, 0.25) is 11.8 Å². The van der Waals surface area contributed by atoms with Gasteiger partial charge in [0.1, 0.15) is 5.75 Å². The van der Waals surface area contributed by atoms with Crippen molar-refractivity contribution in [2.45, 2.75) is 26.2 Å². The SMILES string of the molecule is COc1cccc(NC(=O)C2CC2C(=O)N2CCC(C)CC2)c1. The molecule has 2 unspecified atom stereocenters. The minimum Gasteiger partial charge on any atom is -0.497 e. The largest absolute Gasteiger partial charge is 0.497 e. The maximum atomic E-state index is 12.5. The number of nitrogens with one attached hydrogen (secondary N) is 1. The Bertz CT molecular complexity index is 594. The van der Waals surface area contributed by atoms with Gasteiger partial charge in [-0.15, -0.1) is 0 Å². The fourth-order valence-electron chi connectivity index (χ4n) is 3.16. The van der Waals surface area contributed by atoms with E-state index in [1.165, 1.54) is 0 Å². The van der Waals surface area contributed by atoms with Crippen LogP contribution >= 0.6 is 0 Å². The highest BCUT2D eigenvalue weighted by atomic mass is 16.5. The van der Waals surface area contributed by atoms with Gasteiger partial charge in [-0.2, -0.15) is 0 Å². The lowest BCUT2D eigenvalue weighted by Crippen LogP contribution is -2.39. The van der Waals surface area contributed by atoms with Gasteiger partial charge in [-0.25, -0.2) is 0 Å². The van der Waals surface area contributed by atoms with Crippen LogP contribution in [0.3, 0.4) is 0 Å². The van der Waals surface area contributed by atoms with Crippen molar-refractivity contribution < 1.29 is 14.3 Å². The second-order valence-electron chi connectivity index (χ2n) is 6.68. The summed E-state index contributed by atoms with van der Waals surface area (Å²) in [5.41, 5.74) is 0.708. The first kappa shape index (κ1) is 15.8. The molecule has 5 nitrogen and oxygen atoms in total. The smallest absolute Gasteiger partial charge is 0.228 e. The van der Waals surface area contributed by atoms with Gasteiger partial charge in [0, 0.05) is 24.8 Å². The Morgan fingerprint density at radius 3 is 2.65 bits per heavy atom. The number of rotatable bonds is 4. The average Bonchev–Trinajstić information content (AvgIpc) is 3.36. The molecule has 2 atom stereocenters. The molecule has 1 aromatic carbocycles. The fraction of sp³-hybridized carbons (Fsp3) is 0.556. The Labute approximate surface area is 137 Å². The molecule has 1 saturated carbocycles. The van der Waals surface area contributed by atoms with Crippen LogP contribution in [0, 0.1) is 17.8 Å². The maximum absolute atomic E-state index is 12.5. The van der Waals surface area contributed by atoms with Crippen LogP contribution in [0.25, 0.3) is 0 Å². The lowest BCUT2D eigenvalue weighted by Gasteiger charge is -2.30. The highest BCUT2D eigenvalue weighted by Gasteiger charge is 2.49. The van der Waals surface area contributed by atoms with E-state index in [-0.39, 0.29) is 23.7 Å². The molecule has 1 heterocycles. The molecule has 1 aliphatic carbocycles. The van der Waals surface area contributed by atoms with E-state index in [0.29, 0.717) is 23.8 Å². The number of piperidine rings is 1. The van der Waals surface area contributed by atoms with E-state index in [1.54, 1.807) is 13.2 Å². The van der Waals surface area contributed by atoms with Crippen molar-refractivity contribution in [2.75, 3.05) is 25.5 Å². The predicted molar refractivity (Wildman–Crippen MR) is 88.2 cm³/mol. The Hall–Kier alpha value is -2.04. The van der Waals surface area contributed by atoms with Crippen molar-refractivity contribution >= 4 is 17.5 Å². The molecule has 23 heavy (non-hydrogen) atoms. The molecular formula is C18H24N2O3. The van der Waals surface area contributed by atoms with Crippen LogP contribution in [0.15, 0.2) is 24.3 Å². The lowest BCUT2D eigenvalue weighted by atomic mass is 9.99. The number of ether oxygens (including phenoxy) is 1. The van der Waals surface area contributed by atoms with Gasteiger partial charge >= 0.3 is 0 Å². The second-order valence-corrected chi connectivity index (χ2v) is 6.68. The molecule has 2 fully saturated rings. The summed E-state index contributed by atoms with van der Waals surface area (Å²) in [5, 5.41) is 2.88. The number of methoxy groups -OCH3 is 1. The van der Waals surface area contributed by atoms with Crippen molar-refractivity contribution in [3.8, 4) is 5.75 Å². The van der Waals surface area contributed by atoms with Crippen molar-refractivity contribution in [3.05, 3.63) is 24.3 Å². The highest BCUT2D eigenvalue weighted by Crippen LogP contribution is 2.41. The summed E-state index contributed by atoms with van der Waals surface area (Å²) in [7, 11) is 1.59. The highest BCUT2D eigenvalue weighted by molar-refractivity contribution is 5.99. The van der Waals surface area contributed by atoms with Gasteiger partial charge in [0.25, 0.3) is 0 Å². The molecule has 0 spiro atoms. The number of hydrogen-bond acceptors (Lipinski definition) is 3. The maximum Gasteiger partial charge on any atom is 0.228 e. The minimum absolute atomic E-state index is 0.0676. The molecule has 1 N–H and O–H groups in total. The van der Waals surface area contributed by atoms with Gasteiger partial charge < -0.3 is 15.0 Å². The molecule has 0 bridgehead atoms. The first-order chi connectivity index (χ1) is 11.1. The number of carbonyl (C=O) groups is 2. The summed E-state index contributed by atoms with van der Waals surface area (Å²) in [4.78, 5) is 26.7. The summed E-state index contributed by atoms with van der Waals surface area (Å²) in [6.45, 7) is 3.89. The number of anilines is 1. The molecule has 124 valence electrons. The molecule has 1 aliphatic heterocycles. The number of amides is 2. The van der Waals surface area contributed by atoms with Crippen LogP contribution in [0.5, 0.6) is 5.75 Å². The van der Waals surface area contributed by atoms with E-state index in [4.69, 9.17) is 4.74 Å². The summed E-state index contributed by atoms with van der Waals surface area (Å²) >= 11 is 0. The molecular weight excluding hydrogens is 292 g/mol.